The number of hydrogen-bond donors (Lipinski definition) is 0. The first-order chi connectivity index (χ1) is 23.1. The summed E-state index contributed by atoms with van der Waals surface area (Å²) >= 11 is -3.73. The van der Waals surface area contributed by atoms with Crippen LogP contribution in [-0.4, -0.2) is 7.42 Å². The summed E-state index contributed by atoms with van der Waals surface area (Å²) in [6.07, 6.45) is 8.14. The van der Waals surface area contributed by atoms with Crippen molar-refractivity contribution in [3.63, 3.8) is 0 Å². The van der Waals surface area contributed by atoms with Crippen LogP contribution in [0.4, 0.5) is 0 Å². The molecule has 8 rings (SSSR count). The van der Waals surface area contributed by atoms with Crippen molar-refractivity contribution >= 4 is 7.42 Å². The van der Waals surface area contributed by atoms with Crippen molar-refractivity contribution in [2.45, 2.75) is 23.9 Å². The van der Waals surface area contributed by atoms with E-state index in [0.29, 0.717) is 3.63 Å². The summed E-state index contributed by atoms with van der Waals surface area (Å²) in [6.45, 7) is 4.49. The molecule has 240 valence electrons. The maximum atomic E-state index is 2.77. The summed E-state index contributed by atoms with van der Waals surface area (Å²) in [4.78, 5) is 0. The topological polar surface area (TPSA) is 0 Å². The first-order valence-electron chi connectivity index (χ1n) is 16.7. The van der Waals surface area contributed by atoms with Gasteiger partial charge in [0.05, 0.1) is 0 Å². The van der Waals surface area contributed by atoms with E-state index in [0.717, 1.165) is 6.42 Å². The molecule has 0 atom stereocenters. The summed E-state index contributed by atoms with van der Waals surface area (Å²) in [5, 5.41) is 0. The summed E-state index contributed by atoms with van der Waals surface area (Å²) in [5.74, 6) is 0. The third kappa shape index (κ3) is 6.78. The Morgan fingerprint density at radius 2 is 0.939 bits per heavy atom. The Balaban J connectivity index is 0.00000208. The van der Waals surface area contributed by atoms with Crippen LogP contribution >= 0.6 is 0 Å². The minimum absolute atomic E-state index is 0. The Bertz CT molecular complexity index is 2140. The van der Waals surface area contributed by atoms with Crippen LogP contribution < -0.4 is 24.8 Å². The molecule has 0 radical (unpaired) electrons. The third-order valence-corrected chi connectivity index (χ3v) is 21.5. The van der Waals surface area contributed by atoms with Gasteiger partial charge < -0.3 is 24.8 Å². The maximum absolute atomic E-state index is 3.73. The average Bonchev–Trinajstić information content (AvgIpc) is 3.77. The number of fused-ring (bicyclic) bond motifs is 3. The molecule has 0 heterocycles. The molecule has 0 aliphatic heterocycles. The Morgan fingerprint density at radius 3 is 1.35 bits per heavy atom. The molecule has 49 heavy (non-hydrogen) atoms. The molecular formula is C46H38Cl2Zr. The van der Waals surface area contributed by atoms with Crippen LogP contribution in [-0.2, 0) is 19.3 Å². The Morgan fingerprint density at radius 1 is 0.510 bits per heavy atom. The molecule has 2 aliphatic rings. The molecule has 0 saturated heterocycles. The predicted octanol–water partition coefficient (Wildman–Crippen LogP) is 5.41. The molecule has 2 aliphatic carbocycles. The van der Waals surface area contributed by atoms with Crippen molar-refractivity contribution in [2.75, 3.05) is 0 Å². The second kappa shape index (κ2) is 14.9. The van der Waals surface area contributed by atoms with Gasteiger partial charge in [0, 0.05) is 0 Å². The molecule has 0 N–H and O–H groups in total. The van der Waals surface area contributed by atoms with Gasteiger partial charge in [0.1, 0.15) is 0 Å². The third-order valence-electron chi connectivity index (χ3n) is 9.98. The van der Waals surface area contributed by atoms with E-state index in [-0.39, 0.29) is 24.8 Å². The van der Waals surface area contributed by atoms with Gasteiger partial charge in [-0.05, 0) is 0 Å². The van der Waals surface area contributed by atoms with Crippen LogP contribution in [0.15, 0.2) is 167 Å². The zero-order valence-electron chi connectivity index (χ0n) is 27.8. The number of aryl methyl sites for hydroxylation is 2. The Hall–Kier alpha value is -4.00. The average molecular weight is 753 g/mol. The molecule has 0 unspecified atom stereocenters. The first kappa shape index (κ1) is 34.9. The van der Waals surface area contributed by atoms with Crippen molar-refractivity contribution < 1.29 is 44.1 Å². The molecule has 0 bridgehead atoms. The largest absolute Gasteiger partial charge is 1.00 e. The van der Waals surface area contributed by atoms with Gasteiger partial charge in [-0.15, -0.1) is 0 Å². The van der Waals surface area contributed by atoms with Crippen molar-refractivity contribution in [1.82, 2.24) is 0 Å². The van der Waals surface area contributed by atoms with Crippen molar-refractivity contribution in [3.05, 3.63) is 200 Å². The molecule has 3 heteroatoms. The summed E-state index contributed by atoms with van der Waals surface area (Å²) in [6, 6.07) is 54.4. The molecule has 0 saturated carbocycles. The van der Waals surface area contributed by atoms with Crippen LogP contribution in [0.1, 0.15) is 43.4 Å². The molecule has 0 nitrogen and oxygen atoms in total. The molecular weight excluding hydrogens is 715 g/mol. The van der Waals surface area contributed by atoms with Gasteiger partial charge in [-0.2, -0.15) is 0 Å². The minimum atomic E-state index is -3.73. The Kier molecular flexibility index (Phi) is 10.6. The first-order valence-corrected chi connectivity index (χ1v) is 22.2. The molecule has 0 amide bonds. The van der Waals surface area contributed by atoms with Crippen LogP contribution in [0, 0.1) is 13.8 Å². The van der Waals surface area contributed by atoms with Gasteiger partial charge in [0.2, 0.25) is 0 Å². The number of hydrogen-bond acceptors (Lipinski definition) is 0. The summed E-state index contributed by atoms with van der Waals surface area (Å²) < 4.78 is 7.50. The zero-order chi connectivity index (χ0) is 31.8. The predicted molar refractivity (Wildman–Crippen MR) is 199 cm³/mol. The number of allylic oxidation sites excluding steroid dienone is 4. The minimum Gasteiger partial charge on any atom is -1.00 e. The van der Waals surface area contributed by atoms with Crippen molar-refractivity contribution in [1.29, 1.82) is 0 Å². The zero-order valence-corrected chi connectivity index (χ0v) is 31.8. The Labute approximate surface area is 307 Å². The molecule has 0 aromatic heterocycles. The van der Waals surface area contributed by atoms with Crippen LogP contribution in [0.5, 0.6) is 0 Å². The van der Waals surface area contributed by atoms with Crippen molar-refractivity contribution in [3.8, 4) is 33.4 Å². The fourth-order valence-corrected chi connectivity index (χ4v) is 20.0. The number of benzene rings is 6. The second-order valence-electron chi connectivity index (χ2n) is 13.1. The van der Waals surface area contributed by atoms with E-state index in [4.69, 9.17) is 0 Å². The monoisotopic (exact) mass is 750 g/mol. The standard InChI is InChI=1S/C15H13.2C13H10.C5H5.2ClH.Zr/c1-10-3-5-14-12(7-10)9-13-8-11(2)4-6-15(13)14;2*1-11-7-9-13(10-8-11)12-5-3-2-4-6-12;1-2-4-5-3-1;;;/h3-9H,1-2H3;2*1-10H;1-3H,4H2;2*1H;/q;;;;;;+2/p-2. The fourth-order valence-electron chi connectivity index (χ4n) is 7.72. The number of rotatable bonds is 6. The van der Waals surface area contributed by atoms with E-state index < -0.39 is 19.3 Å². The van der Waals surface area contributed by atoms with E-state index in [9.17, 15) is 0 Å². The van der Waals surface area contributed by atoms with Gasteiger partial charge in [0.15, 0.2) is 0 Å². The van der Waals surface area contributed by atoms with Gasteiger partial charge >= 0.3 is 284 Å². The van der Waals surface area contributed by atoms with E-state index in [2.05, 4.69) is 185 Å². The quantitative estimate of drug-likeness (QED) is 0.214. The van der Waals surface area contributed by atoms with Crippen LogP contribution in [0.2, 0.25) is 0 Å². The molecule has 0 fully saturated rings. The van der Waals surface area contributed by atoms with Gasteiger partial charge in [-0.1, -0.05) is 0 Å². The van der Waals surface area contributed by atoms with Crippen LogP contribution in [0.3, 0.4) is 0 Å². The van der Waals surface area contributed by atoms with E-state index >= 15 is 0 Å². The second-order valence-corrected chi connectivity index (χ2v) is 22.1. The smallest absolute Gasteiger partial charge is 1.00 e. The van der Waals surface area contributed by atoms with Crippen LogP contribution in [0.25, 0.3) is 33.4 Å². The van der Waals surface area contributed by atoms with E-state index in [1.807, 2.05) is 0 Å². The SMILES string of the molecule is Cc1ccc2c(c1)[CH]([Zr+2](=[CH]c1ccc(-c3ccccc3)cc1)(=[CH]c1ccc(-c3ccccc3)cc1)[C]1=CC=CC1)c1cc(C)ccc1-2.[Cl-].[Cl-]. The van der Waals surface area contributed by atoms with E-state index in [1.165, 1.54) is 66.8 Å². The molecule has 6 aromatic carbocycles. The van der Waals surface area contributed by atoms with E-state index in [1.54, 1.807) is 3.28 Å². The normalized spacial score (nSPS) is 12.4. The van der Waals surface area contributed by atoms with Gasteiger partial charge in [0.25, 0.3) is 0 Å². The number of halogens is 2. The maximum Gasteiger partial charge on any atom is -1.00 e. The summed E-state index contributed by atoms with van der Waals surface area (Å²) in [5.41, 5.74) is 16.1. The summed E-state index contributed by atoms with van der Waals surface area (Å²) in [7, 11) is 0. The fraction of sp³-hybridized carbons (Fsp3) is 0.0870. The molecule has 0 spiro atoms. The van der Waals surface area contributed by atoms with Gasteiger partial charge in [-0.3, -0.25) is 0 Å². The van der Waals surface area contributed by atoms with Gasteiger partial charge in [-0.25, -0.2) is 0 Å². The van der Waals surface area contributed by atoms with Crippen molar-refractivity contribution in [2.24, 2.45) is 0 Å². The molecule has 6 aromatic rings.